The van der Waals surface area contributed by atoms with Gasteiger partial charge in [-0.15, -0.1) is 0 Å². The third kappa shape index (κ3) is 3.26. The summed E-state index contributed by atoms with van der Waals surface area (Å²) in [4.78, 5) is 0. The van der Waals surface area contributed by atoms with E-state index in [2.05, 4.69) is 0 Å². The molecule has 0 spiro atoms. The molecule has 1 aliphatic rings. The van der Waals surface area contributed by atoms with Crippen molar-refractivity contribution in [1.29, 1.82) is 0 Å². The molecule has 0 aromatic rings. The maximum absolute atomic E-state index is 11.8. The quantitative estimate of drug-likeness (QED) is 0.538. The maximum atomic E-state index is 11.8. The average molecular weight is 177 g/mol. The summed E-state index contributed by atoms with van der Waals surface area (Å²) in [7, 11) is 0. The van der Waals surface area contributed by atoms with E-state index in [1.54, 1.807) is 0 Å². The molecule has 5 heteroatoms. The first kappa shape index (κ1) is 11.5. The first-order valence-corrected chi connectivity index (χ1v) is 3.30. The zero-order valence-corrected chi connectivity index (χ0v) is 5.12. The fraction of sp³-hybridized carbons (Fsp3) is 1.00. The van der Waals surface area contributed by atoms with Crippen molar-refractivity contribution in [2.75, 3.05) is 0 Å². The number of hydrogen-bond donors (Lipinski definition) is 0. The molecule has 0 nitrogen and oxygen atoms in total. The molecule has 1 rings (SSSR count). The van der Waals surface area contributed by atoms with Crippen LogP contribution in [-0.2, 0) is 0 Å². The summed E-state index contributed by atoms with van der Waals surface area (Å²) in [6, 6.07) is 0. The van der Waals surface area contributed by atoms with Crippen LogP contribution in [0.2, 0.25) is 5.82 Å². The molecule has 0 aromatic carbocycles. The van der Waals surface area contributed by atoms with Gasteiger partial charge >= 0.3 is 58.4 Å². The Hall–Kier alpha value is 1.49. The van der Waals surface area contributed by atoms with Gasteiger partial charge in [0, 0.05) is 0 Å². The Labute approximate surface area is 101 Å². The number of rotatable bonds is 1. The number of hydrogen-bond acceptors (Lipinski definition) is 0. The Kier molecular flexibility index (Phi) is 5.17. The summed E-state index contributed by atoms with van der Waals surface area (Å²) >= 11 is 0. The summed E-state index contributed by atoms with van der Waals surface area (Å²) in [5, 5.41) is 0. The van der Waals surface area contributed by atoms with Gasteiger partial charge in [0.25, 0.3) is 0 Å². The van der Waals surface area contributed by atoms with Crippen molar-refractivity contribution >= 4 is 58.4 Å². The van der Waals surface area contributed by atoms with Crippen molar-refractivity contribution in [2.45, 2.75) is 31.5 Å². The van der Waals surface area contributed by atoms with Gasteiger partial charge in [-0.05, 0) is 0 Å². The normalized spacial score (nSPS) is 20.7. The first-order chi connectivity index (χ1) is 4.11. The Bertz CT molecular complexity index is 97.6. The Morgan fingerprint density at radius 3 is 1.60 bits per heavy atom. The van der Waals surface area contributed by atoms with Crippen molar-refractivity contribution in [3.8, 4) is 0 Å². The molecule has 1 fully saturated rings. The minimum atomic E-state index is -4.51. The van der Waals surface area contributed by atoms with Gasteiger partial charge in [0.05, 0.1) is 0 Å². The van der Waals surface area contributed by atoms with Crippen LogP contribution in [0, 0.1) is 0 Å². The Balaban J connectivity index is 0.000000810. The van der Waals surface area contributed by atoms with Crippen molar-refractivity contribution in [3.05, 3.63) is 0 Å². The molecule has 0 aliphatic heterocycles. The molecule has 1 saturated carbocycles. The predicted octanol–water partition coefficient (Wildman–Crippen LogP) is 2.13. The molecular weight excluding hydrogens is 167 g/mol. The van der Waals surface area contributed by atoms with E-state index in [9.17, 15) is 12.9 Å². The van der Waals surface area contributed by atoms with Crippen LogP contribution < -0.4 is 0 Å². The van der Waals surface area contributed by atoms with Gasteiger partial charge in [-0.3, -0.25) is 0 Å². The predicted molar refractivity (Wildman–Crippen MR) is 38.4 cm³/mol. The van der Waals surface area contributed by atoms with Crippen LogP contribution in [0.1, 0.15) is 25.7 Å². The summed E-state index contributed by atoms with van der Waals surface area (Å²) in [6.45, 7) is -4.51. The van der Waals surface area contributed by atoms with Crippen LogP contribution in [0.4, 0.5) is 12.9 Å². The average Bonchev–Trinajstić information content (AvgIpc) is 2.08. The van der Waals surface area contributed by atoms with E-state index in [1.807, 2.05) is 0 Å². The van der Waals surface area contributed by atoms with Crippen LogP contribution in [-0.4, -0.2) is 58.4 Å². The minimum absolute atomic E-state index is 0. The Morgan fingerprint density at radius 2 is 1.40 bits per heavy atom. The first-order valence-electron chi connectivity index (χ1n) is 3.30. The second-order valence-corrected chi connectivity index (χ2v) is 2.67. The molecule has 56 valence electrons. The van der Waals surface area contributed by atoms with Crippen LogP contribution >= 0.6 is 0 Å². The van der Waals surface area contributed by atoms with Gasteiger partial charge in [-0.1, -0.05) is 31.5 Å². The standard InChI is InChI=1S/C5H9BF3.K.H/c7-6(8,9)5-3-1-2-4-5;;/h5H,1-4H2;;/q-1;;. The molecule has 0 amide bonds. The Morgan fingerprint density at radius 1 is 1.00 bits per heavy atom. The van der Waals surface area contributed by atoms with Crippen molar-refractivity contribution in [1.82, 2.24) is 0 Å². The van der Waals surface area contributed by atoms with Crippen molar-refractivity contribution < 1.29 is 12.9 Å². The van der Waals surface area contributed by atoms with Gasteiger partial charge in [-0.25, -0.2) is 0 Å². The summed E-state index contributed by atoms with van der Waals surface area (Å²) in [6.07, 6.45) is 2.30. The molecule has 0 N–H and O–H groups in total. The fourth-order valence-corrected chi connectivity index (χ4v) is 1.34. The second-order valence-electron chi connectivity index (χ2n) is 2.67. The second kappa shape index (κ2) is 4.50. The van der Waals surface area contributed by atoms with E-state index in [-0.39, 0.29) is 51.4 Å². The van der Waals surface area contributed by atoms with Gasteiger partial charge in [0.15, 0.2) is 0 Å². The SMILES string of the molecule is F[B-](F)(F)C1CCCC1.[KH]. The molecule has 0 heterocycles. The van der Waals surface area contributed by atoms with E-state index in [4.69, 9.17) is 0 Å². The van der Waals surface area contributed by atoms with E-state index in [0.717, 1.165) is 12.8 Å². The number of halogens is 3. The summed E-state index contributed by atoms with van der Waals surface area (Å²) < 4.78 is 35.5. The third-order valence-corrected chi connectivity index (χ3v) is 1.93. The van der Waals surface area contributed by atoms with Crippen molar-refractivity contribution in [3.63, 3.8) is 0 Å². The molecule has 10 heavy (non-hydrogen) atoms. The molecule has 0 aromatic heterocycles. The van der Waals surface area contributed by atoms with Crippen LogP contribution in [0.15, 0.2) is 0 Å². The van der Waals surface area contributed by atoms with Crippen LogP contribution in [0.5, 0.6) is 0 Å². The molecule has 0 radical (unpaired) electrons. The molecule has 0 bridgehead atoms. The van der Waals surface area contributed by atoms with Crippen LogP contribution in [0.25, 0.3) is 0 Å². The zero-order chi connectivity index (χ0) is 6.91. The molecule has 1 aliphatic carbocycles. The third-order valence-electron chi connectivity index (χ3n) is 1.93. The van der Waals surface area contributed by atoms with Gasteiger partial charge in [0.1, 0.15) is 0 Å². The van der Waals surface area contributed by atoms with Gasteiger partial charge < -0.3 is 12.9 Å². The monoisotopic (exact) mass is 177 g/mol. The van der Waals surface area contributed by atoms with Crippen molar-refractivity contribution in [2.24, 2.45) is 0 Å². The summed E-state index contributed by atoms with van der Waals surface area (Å²) in [5.74, 6) is -0.926. The zero-order valence-electron chi connectivity index (χ0n) is 5.12. The molecule has 0 atom stereocenters. The van der Waals surface area contributed by atoms with E-state index < -0.39 is 12.8 Å². The van der Waals surface area contributed by atoms with E-state index >= 15 is 0 Å². The molecule has 0 unspecified atom stereocenters. The summed E-state index contributed by atoms with van der Waals surface area (Å²) in [5.41, 5.74) is 0. The van der Waals surface area contributed by atoms with Crippen LogP contribution in [0.3, 0.4) is 0 Å². The van der Waals surface area contributed by atoms with E-state index in [0.29, 0.717) is 12.8 Å². The molecular formula is C5H10BF3K-. The topological polar surface area (TPSA) is 0 Å². The van der Waals surface area contributed by atoms with E-state index in [1.165, 1.54) is 0 Å². The van der Waals surface area contributed by atoms with Gasteiger partial charge in [0.2, 0.25) is 0 Å². The molecule has 0 saturated heterocycles. The van der Waals surface area contributed by atoms with Gasteiger partial charge in [-0.2, -0.15) is 0 Å². The fourth-order valence-electron chi connectivity index (χ4n) is 1.34.